The fraction of sp³-hybridized carbons (Fsp3) is 0.333. The number of nitrogens with zero attached hydrogens (tertiary/aromatic N) is 3. The van der Waals surface area contributed by atoms with Crippen molar-refractivity contribution in [2.45, 2.75) is 37.0 Å². The average Bonchev–Trinajstić information content (AvgIpc) is 3.23. The Kier molecular flexibility index (Phi) is 4.06. The summed E-state index contributed by atoms with van der Waals surface area (Å²) in [5.74, 6) is 1.99. The first-order valence-electron chi connectivity index (χ1n) is 8.53. The lowest BCUT2D eigenvalue weighted by Crippen LogP contribution is -2.14. The molecule has 0 amide bonds. The Hall–Kier alpha value is -1.77. The monoisotopic (exact) mass is 400 g/mol. The lowest BCUT2D eigenvalue weighted by Gasteiger charge is -2.17. The van der Waals surface area contributed by atoms with Crippen LogP contribution in [0.5, 0.6) is 0 Å². The third-order valence-corrected chi connectivity index (χ3v) is 7.77. The van der Waals surface area contributed by atoms with Crippen molar-refractivity contribution in [1.29, 1.82) is 0 Å². The summed E-state index contributed by atoms with van der Waals surface area (Å²) in [5.41, 5.74) is 1.23. The van der Waals surface area contributed by atoms with Gasteiger partial charge in [0.15, 0.2) is 0 Å². The predicted octanol–water partition coefficient (Wildman–Crippen LogP) is 4.41. The maximum absolute atomic E-state index is 12.7. The van der Waals surface area contributed by atoms with E-state index >= 15 is 0 Å². The molecule has 1 aliphatic rings. The molecule has 5 rings (SSSR count). The smallest absolute Gasteiger partial charge is 0.259 e. The van der Waals surface area contributed by atoms with E-state index in [1.807, 2.05) is 11.4 Å². The van der Waals surface area contributed by atoms with Gasteiger partial charge in [-0.25, -0.2) is 15.0 Å². The Labute approximate surface area is 161 Å². The largest absolute Gasteiger partial charge is 0.309 e. The van der Waals surface area contributed by atoms with Gasteiger partial charge in [-0.15, -0.1) is 22.7 Å². The second-order valence-electron chi connectivity index (χ2n) is 6.65. The first-order chi connectivity index (χ1) is 12.7. The second kappa shape index (κ2) is 6.44. The molecular formula is C18H16N4OS3. The molecule has 0 saturated heterocycles. The fourth-order valence-electron chi connectivity index (χ4n) is 3.48. The molecule has 132 valence electrons. The van der Waals surface area contributed by atoms with Crippen molar-refractivity contribution in [1.82, 2.24) is 19.9 Å². The van der Waals surface area contributed by atoms with Gasteiger partial charge in [0.2, 0.25) is 0 Å². The van der Waals surface area contributed by atoms with E-state index in [4.69, 9.17) is 4.98 Å². The molecular weight excluding hydrogens is 384 g/mol. The molecule has 4 aromatic rings. The second-order valence-corrected chi connectivity index (χ2v) is 9.59. The normalized spacial score (nSPS) is 17.0. The van der Waals surface area contributed by atoms with E-state index in [2.05, 4.69) is 21.9 Å². The van der Waals surface area contributed by atoms with Gasteiger partial charge in [0.25, 0.3) is 5.56 Å². The van der Waals surface area contributed by atoms with Gasteiger partial charge in [0.05, 0.1) is 11.1 Å². The number of H-pyrrole nitrogens is 1. The van der Waals surface area contributed by atoms with Crippen LogP contribution < -0.4 is 5.56 Å². The quantitative estimate of drug-likeness (QED) is 0.407. The van der Waals surface area contributed by atoms with Crippen molar-refractivity contribution in [3.8, 4) is 0 Å². The Morgan fingerprint density at radius 3 is 3.19 bits per heavy atom. The number of hydrogen-bond acceptors (Lipinski definition) is 7. The van der Waals surface area contributed by atoms with Gasteiger partial charge in [-0.2, -0.15) is 0 Å². The number of aromatic nitrogens is 4. The van der Waals surface area contributed by atoms with E-state index < -0.39 is 0 Å². The SMILES string of the molecule is C[C@H]1CCc2c(sc3nc(CSc4ncnc5sccc45)[nH]c(=O)c23)C1. The van der Waals surface area contributed by atoms with Gasteiger partial charge in [-0.3, -0.25) is 4.79 Å². The number of nitrogens with one attached hydrogen (secondary N) is 1. The van der Waals surface area contributed by atoms with Crippen molar-refractivity contribution in [3.05, 3.63) is 44.4 Å². The molecule has 1 atom stereocenters. The van der Waals surface area contributed by atoms with E-state index in [0.29, 0.717) is 17.5 Å². The average molecular weight is 401 g/mol. The first-order valence-corrected chi connectivity index (χ1v) is 11.2. The molecule has 0 unspecified atom stereocenters. The van der Waals surface area contributed by atoms with Crippen LogP contribution in [0.1, 0.15) is 29.6 Å². The minimum atomic E-state index is 0.000945. The first kappa shape index (κ1) is 16.4. The van der Waals surface area contributed by atoms with Crippen molar-refractivity contribution in [2.75, 3.05) is 0 Å². The summed E-state index contributed by atoms with van der Waals surface area (Å²) in [6.45, 7) is 2.28. The van der Waals surface area contributed by atoms with Crippen LogP contribution in [0.4, 0.5) is 0 Å². The van der Waals surface area contributed by atoms with Crippen molar-refractivity contribution < 1.29 is 0 Å². The van der Waals surface area contributed by atoms with Crippen molar-refractivity contribution in [2.24, 2.45) is 5.92 Å². The molecule has 8 heteroatoms. The lowest BCUT2D eigenvalue weighted by atomic mass is 9.89. The topological polar surface area (TPSA) is 71.5 Å². The van der Waals surface area contributed by atoms with E-state index in [1.165, 1.54) is 10.4 Å². The summed E-state index contributed by atoms with van der Waals surface area (Å²) in [6.07, 6.45) is 4.80. The number of aromatic amines is 1. The van der Waals surface area contributed by atoms with Gasteiger partial charge in [-0.05, 0) is 42.2 Å². The number of thiophene rings is 2. The summed E-state index contributed by atoms with van der Waals surface area (Å²) in [6, 6.07) is 2.04. The molecule has 0 aliphatic heterocycles. The summed E-state index contributed by atoms with van der Waals surface area (Å²) in [5, 5.41) is 4.82. The molecule has 4 aromatic heterocycles. The van der Waals surface area contributed by atoms with Gasteiger partial charge in [-0.1, -0.05) is 18.7 Å². The standard InChI is InChI=1S/C18H16N4OS3/c1-9-2-3-10-12(6-9)26-18-14(10)15(23)21-13(22-18)7-25-17-11-4-5-24-16(11)19-8-20-17/h4-5,8-9H,2-3,6-7H2,1H3,(H,21,22,23)/t9-/m0/s1. The number of aryl methyl sites for hydroxylation is 1. The van der Waals surface area contributed by atoms with Crippen LogP contribution >= 0.6 is 34.4 Å². The zero-order chi connectivity index (χ0) is 17.7. The molecule has 0 radical (unpaired) electrons. The molecule has 0 aromatic carbocycles. The third kappa shape index (κ3) is 2.76. The summed E-state index contributed by atoms with van der Waals surface area (Å²) in [4.78, 5) is 32.3. The van der Waals surface area contributed by atoms with Crippen LogP contribution in [0, 0.1) is 5.92 Å². The number of hydrogen-bond donors (Lipinski definition) is 1. The zero-order valence-corrected chi connectivity index (χ0v) is 16.6. The Balaban J connectivity index is 1.48. The third-order valence-electron chi connectivity index (χ3n) is 4.79. The molecule has 26 heavy (non-hydrogen) atoms. The molecule has 0 spiro atoms. The molecule has 0 fully saturated rings. The van der Waals surface area contributed by atoms with Crippen LogP contribution in [0.2, 0.25) is 0 Å². The van der Waals surface area contributed by atoms with Gasteiger partial charge < -0.3 is 4.98 Å². The minimum Gasteiger partial charge on any atom is -0.309 e. The van der Waals surface area contributed by atoms with Gasteiger partial charge in [0.1, 0.15) is 26.8 Å². The van der Waals surface area contributed by atoms with Crippen LogP contribution in [-0.2, 0) is 18.6 Å². The Morgan fingerprint density at radius 1 is 1.35 bits per heavy atom. The molecule has 1 N–H and O–H groups in total. The van der Waals surface area contributed by atoms with Crippen LogP contribution in [0.3, 0.4) is 0 Å². The highest BCUT2D eigenvalue weighted by Gasteiger charge is 2.23. The highest BCUT2D eigenvalue weighted by Crippen LogP contribution is 2.36. The van der Waals surface area contributed by atoms with E-state index in [-0.39, 0.29) is 5.56 Å². The summed E-state index contributed by atoms with van der Waals surface area (Å²) >= 11 is 4.89. The van der Waals surface area contributed by atoms with Gasteiger partial charge >= 0.3 is 0 Å². The summed E-state index contributed by atoms with van der Waals surface area (Å²) < 4.78 is 0. The van der Waals surface area contributed by atoms with Crippen LogP contribution in [-0.4, -0.2) is 19.9 Å². The van der Waals surface area contributed by atoms with Crippen LogP contribution in [0.25, 0.3) is 20.4 Å². The molecule has 4 heterocycles. The minimum absolute atomic E-state index is 0.000945. The lowest BCUT2D eigenvalue weighted by molar-refractivity contribution is 0.509. The number of fused-ring (bicyclic) bond motifs is 4. The number of thioether (sulfide) groups is 1. The Morgan fingerprint density at radius 2 is 2.27 bits per heavy atom. The van der Waals surface area contributed by atoms with E-state index in [0.717, 1.165) is 44.7 Å². The van der Waals surface area contributed by atoms with Crippen molar-refractivity contribution >= 4 is 54.9 Å². The Bertz CT molecular complexity index is 1180. The van der Waals surface area contributed by atoms with E-state index in [9.17, 15) is 4.79 Å². The van der Waals surface area contributed by atoms with Gasteiger partial charge in [0, 0.05) is 10.3 Å². The van der Waals surface area contributed by atoms with Crippen molar-refractivity contribution in [3.63, 3.8) is 0 Å². The molecule has 0 bridgehead atoms. The fourth-order valence-corrected chi connectivity index (χ4v) is 6.53. The number of rotatable bonds is 3. The highest BCUT2D eigenvalue weighted by atomic mass is 32.2. The van der Waals surface area contributed by atoms with Crippen LogP contribution in [0.15, 0.2) is 27.6 Å². The molecule has 0 saturated carbocycles. The summed E-state index contributed by atoms with van der Waals surface area (Å²) in [7, 11) is 0. The van der Waals surface area contributed by atoms with E-state index in [1.54, 1.807) is 40.8 Å². The highest BCUT2D eigenvalue weighted by molar-refractivity contribution is 7.98. The maximum Gasteiger partial charge on any atom is 0.259 e. The molecule has 1 aliphatic carbocycles. The molecule has 5 nitrogen and oxygen atoms in total. The maximum atomic E-state index is 12.7. The zero-order valence-electron chi connectivity index (χ0n) is 14.1. The predicted molar refractivity (Wildman–Crippen MR) is 108 cm³/mol.